The fourth-order valence-electron chi connectivity index (χ4n) is 3.93. The standard InChI is InChI=1S/C19H29N5O2/c1-19(25)9-3-4-15(10-19)22-17-13(11-20)12-21-18(24-17)23-14-5-7-16(26-2)8-6-14/h12,14-16,25H,3-10H2,1-2H3,(H2,21,22,23,24)/t14-,15?,16-,19-/m0/s1/i2D3. The van der Waals surface area contributed by atoms with E-state index in [2.05, 4.69) is 26.7 Å². The minimum Gasteiger partial charge on any atom is -0.390 e. The summed E-state index contributed by atoms with van der Waals surface area (Å²) in [6, 6.07) is 2.30. The van der Waals surface area contributed by atoms with E-state index < -0.39 is 12.6 Å². The molecule has 0 spiro atoms. The van der Waals surface area contributed by atoms with Crippen molar-refractivity contribution in [2.24, 2.45) is 0 Å². The van der Waals surface area contributed by atoms with E-state index in [0.29, 0.717) is 36.6 Å². The summed E-state index contributed by atoms with van der Waals surface area (Å²) >= 11 is 0. The molecule has 142 valence electrons. The molecule has 2 aliphatic rings. The van der Waals surface area contributed by atoms with E-state index in [9.17, 15) is 10.4 Å². The number of aromatic nitrogens is 2. The van der Waals surface area contributed by atoms with Gasteiger partial charge in [-0.3, -0.25) is 0 Å². The molecule has 0 aliphatic heterocycles. The second-order valence-corrected chi connectivity index (χ2v) is 7.74. The first kappa shape index (κ1) is 15.2. The lowest BCUT2D eigenvalue weighted by molar-refractivity contribution is 0.0182. The monoisotopic (exact) mass is 362 g/mol. The van der Waals surface area contributed by atoms with Crippen LogP contribution in [0.2, 0.25) is 0 Å². The molecular weight excluding hydrogens is 330 g/mol. The van der Waals surface area contributed by atoms with Gasteiger partial charge in [-0.05, 0) is 58.3 Å². The summed E-state index contributed by atoms with van der Waals surface area (Å²) in [6.07, 6.45) is 7.32. The van der Waals surface area contributed by atoms with Crippen LogP contribution >= 0.6 is 0 Å². The number of anilines is 2. The average molecular weight is 362 g/mol. The smallest absolute Gasteiger partial charge is 0.224 e. The molecule has 7 nitrogen and oxygen atoms in total. The predicted octanol–water partition coefficient (Wildman–Crippen LogP) is 2.82. The Labute approximate surface area is 159 Å². The van der Waals surface area contributed by atoms with Crippen molar-refractivity contribution in [3.05, 3.63) is 11.8 Å². The van der Waals surface area contributed by atoms with Gasteiger partial charge in [0.1, 0.15) is 17.5 Å². The number of hydrogen-bond donors (Lipinski definition) is 3. The first-order valence-corrected chi connectivity index (χ1v) is 9.34. The van der Waals surface area contributed by atoms with E-state index in [4.69, 9.17) is 8.85 Å². The lowest BCUT2D eigenvalue weighted by Crippen LogP contribution is -2.38. The molecule has 7 heteroatoms. The molecule has 0 amide bonds. The zero-order valence-electron chi connectivity index (χ0n) is 18.2. The summed E-state index contributed by atoms with van der Waals surface area (Å²) in [5.74, 6) is 0.918. The van der Waals surface area contributed by atoms with Crippen molar-refractivity contribution in [1.82, 2.24) is 9.97 Å². The van der Waals surface area contributed by atoms with Gasteiger partial charge in [0.2, 0.25) is 5.95 Å². The van der Waals surface area contributed by atoms with Crippen molar-refractivity contribution in [1.29, 1.82) is 5.26 Å². The molecule has 1 aromatic heterocycles. The zero-order valence-corrected chi connectivity index (χ0v) is 15.2. The third-order valence-electron chi connectivity index (χ3n) is 5.38. The highest BCUT2D eigenvalue weighted by Crippen LogP contribution is 2.30. The van der Waals surface area contributed by atoms with Crippen LogP contribution in [0.15, 0.2) is 6.20 Å². The van der Waals surface area contributed by atoms with Gasteiger partial charge in [0.15, 0.2) is 0 Å². The number of rotatable bonds is 5. The number of hydrogen-bond acceptors (Lipinski definition) is 7. The number of nitrogens with one attached hydrogen (secondary N) is 2. The van der Waals surface area contributed by atoms with Crippen molar-refractivity contribution in [2.45, 2.75) is 82.1 Å². The van der Waals surface area contributed by atoms with E-state index in [1.165, 1.54) is 6.20 Å². The summed E-state index contributed by atoms with van der Waals surface area (Å²) in [5, 5.41) is 26.3. The summed E-state index contributed by atoms with van der Waals surface area (Å²) in [6.45, 7) is 1.84. The minimum atomic E-state index is -2.36. The van der Waals surface area contributed by atoms with Crippen LogP contribution in [-0.4, -0.2) is 45.9 Å². The van der Waals surface area contributed by atoms with Crippen LogP contribution in [0.3, 0.4) is 0 Å². The molecular formula is C19H29N5O2. The summed E-state index contributed by atoms with van der Waals surface area (Å²) in [4.78, 5) is 8.75. The molecule has 1 heterocycles. The molecule has 1 aromatic rings. The second-order valence-electron chi connectivity index (χ2n) is 7.74. The molecule has 3 N–H and O–H groups in total. The van der Waals surface area contributed by atoms with Gasteiger partial charge in [0, 0.05) is 19.1 Å². The van der Waals surface area contributed by atoms with Crippen LogP contribution in [0.5, 0.6) is 0 Å². The molecule has 2 aliphatic carbocycles. The van der Waals surface area contributed by atoms with Crippen LogP contribution in [0.1, 0.15) is 68.0 Å². The third-order valence-corrected chi connectivity index (χ3v) is 5.38. The fraction of sp³-hybridized carbons (Fsp3) is 0.737. The summed E-state index contributed by atoms with van der Waals surface area (Å²) in [5.41, 5.74) is -0.331. The number of aliphatic hydroxyl groups is 1. The van der Waals surface area contributed by atoms with Crippen molar-refractivity contribution in [3.63, 3.8) is 0 Å². The Morgan fingerprint density at radius 3 is 2.81 bits per heavy atom. The van der Waals surface area contributed by atoms with E-state index in [1.807, 2.05) is 6.92 Å². The molecule has 26 heavy (non-hydrogen) atoms. The highest BCUT2D eigenvalue weighted by Gasteiger charge is 2.30. The van der Waals surface area contributed by atoms with Crippen LogP contribution in [0.25, 0.3) is 0 Å². The van der Waals surface area contributed by atoms with Crippen LogP contribution in [0, 0.1) is 11.3 Å². The molecule has 2 fully saturated rings. The molecule has 0 radical (unpaired) electrons. The van der Waals surface area contributed by atoms with Gasteiger partial charge >= 0.3 is 0 Å². The number of methoxy groups -OCH3 is 1. The Morgan fingerprint density at radius 1 is 1.31 bits per heavy atom. The number of nitriles is 1. The van der Waals surface area contributed by atoms with Gasteiger partial charge < -0.3 is 20.5 Å². The van der Waals surface area contributed by atoms with Crippen LogP contribution in [0.4, 0.5) is 11.8 Å². The normalized spacial score (nSPS) is 34.0. The maximum atomic E-state index is 10.3. The molecule has 0 aromatic carbocycles. The molecule has 0 saturated heterocycles. The molecule has 1 unspecified atom stereocenters. The van der Waals surface area contributed by atoms with E-state index in [-0.39, 0.29) is 18.2 Å². The van der Waals surface area contributed by atoms with Crippen LogP contribution in [-0.2, 0) is 4.74 Å². The van der Waals surface area contributed by atoms with Crippen molar-refractivity contribution in [2.75, 3.05) is 17.7 Å². The number of nitrogens with zero attached hydrogens (tertiary/aromatic N) is 3. The van der Waals surface area contributed by atoms with E-state index >= 15 is 0 Å². The molecule has 3 rings (SSSR count). The Morgan fingerprint density at radius 2 is 2.12 bits per heavy atom. The first-order valence-electron chi connectivity index (χ1n) is 10.8. The van der Waals surface area contributed by atoms with Gasteiger partial charge in [0.25, 0.3) is 0 Å². The zero-order chi connectivity index (χ0) is 21.1. The van der Waals surface area contributed by atoms with Crippen molar-refractivity contribution in [3.8, 4) is 6.07 Å². The van der Waals surface area contributed by atoms with E-state index in [1.54, 1.807) is 0 Å². The summed E-state index contributed by atoms with van der Waals surface area (Å²) in [7, 11) is -2.36. The lowest BCUT2D eigenvalue weighted by Gasteiger charge is -2.34. The molecule has 2 atom stereocenters. The predicted molar refractivity (Wildman–Crippen MR) is 99.9 cm³/mol. The topological polar surface area (TPSA) is 103 Å². The maximum absolute atomic E-state index is 10.3. The highest BCUT2D eigenvalue weighted by molar-refractivity contribution is 5.54. The number of ether oxygens (including phenoxy) is 1. The Bertz CT molecular complexity index is 742. The van der Waals surface area contributed by atoms with Gasteiger partial charge in [-0.15, -0.1) is 0 Å². The van der Waals surface area contributed by atoms with Crippen LogP contribution < -0.4 is 10.6 Å². The largest absolute Gasteiger partial charge is 0.390 e. The van der Waals surface area contributed by atoms with E-state index in [0.717, 1.165) is 32.1 Å². The Hall–Kier alpha value is -1.91. The average Bonchev–Trinajstić information content (AvgIpc) is 2.62. The van der Waals surface area contributed by atoms with Gasteiger partial charge in [-0.25, -0.2) is 4.98 Å². The second kappa shape index (κ2) is 8.19. The first-order chi connectivity index (χ1) is 13.6. The van der Waals surface area contributed by atoms with Crippen molar-refractivity contribution < 1.29 is 14.0 Å². The molecule has 2 saturated carbocycles. The SMILES string of the molecule is [2H]C([2H])([2H])O[C@H]1CC[C@H](Nc2ncc(C#N)c(NC3CCC[C@](C)(O)C3)n2)CC1. The maximum Gasteiger partial charge on any atom is 0.224 e. The fourth-order valence-corrected chi connectivity index (χ4v) is 3.93. The lowest BCUT2D eigenvalue weighted by atomic mass is 9.83. The van der Waals surface area contributed by atoms with Crippen molar-refractivity contribution >= 4 is 11.8 Å². The third kappa shape index (κ3) is 4.83. The Balaban J connectivity index is 1.60. The summed E-state index contributed by atoms with van der Waals surface area (Å²) < 4.78 is 26.8. The van der Waals surface area contributed by atoms with Gasteiger partial charge in [-0.2, -0.15) is 10.2 Å². The Kier molecular flexibility index (Phi) is 4.78. The van der Waals surface area contributed by atoms with Gasteiger partial charge in [-0.1, -0.05) is 0 Å². The van der Waals surface area contributed by atoms with Gasteiger partial charge in [0.05, 0.1) is 22.0 Å². The minimum absolute atomic E-state index is 0.0565. The molecule has 0 bridgehead atoms. The quantitative estimate of drug-likeness (QED) is 0.740. The highest BCUT2D eigenvalue weighted by atomic mass is 16.5.